The largest absolute Gasteiger partial charge is 0.497 e. The Kier molecular flexibility index (Phi) is 4.77. The maximum Gasteiger partial charge on any atom is 0.374 e. The molecular weight excluding hydrogens is 256 g/mol. The van der Waals surface area contributed by atoms with Crippen LogP contribution in [0.3, 0.4) is 0 Å². The van der Waals surface area contributed by atoms with Crippen molar-refractivity contribution in [3.05, 3.63) is 29.8 Å². The van der Waals surface area contributed by atoms with Crippen molar-refractivity contribution in [3.8, 4) is 5.75 Å². The van der Waals surface area contributed by atoms with Gasteiger partial charge in [0.05, 0.1) is 14.2 Å². The summed E-state index contributed by atoms with van der Waals surface area (Å²) in [7, 11) is 2.89. The van der Waals surface area contributed by atoms with Crippen LogP contribution in [0.1, 0.15) is 37.2 Å². The molecule has 0 radical (unpaired) electrons. The average Bonchev–Trinajstić information content (AvgIpc) is 2.53. The second-order valence-electron chi connectivity index (χ2n) is 5.19. The van der Waals surface area contributed by atoms with Gasteiger partial charge in [-0.1, -0.05) is 18.6 Å². The predicted octanol–water partition coefficient (Wildman–Crippen LogP) is 2.71. The van der Waals surface area contributed by atoms with Crippen LogP contribution >= 0.6 is 0 Å². The number of esters is 1. The third kappa shape index (κ3) is 3.18. The van der Waals surface area contributed by atoms with Crippen LogP contribution in [0.4, 0.5) is 0 Å². The van der Waals surface area contributed by atoms with Crippen molar-refractivity contribution >= 4 is 11.8 Å². The summed E-state index contributed by atoms with van der Waals surface area (Å²) in [5, 5.41) is 0. The number of ether oxygens (including phenoxy) is 2. The van der Waals surface area contributed by atoms with E-state index in [1.54, 1.807) is 7.11 Å². The highest BCUT2D eigenvalue weighted by atomic mass is 16.5. The van der Waals surface area contributed by atoms with Gasteiger partial charge in [-0.15, -0.1) is 0 Å². The molecule has 0 aromatic heterocycles. The topological polar surface area (TPSA) is 52.6 Å². The second kappa shape index (κ2) is 6.55. The summed E-state index contributed by atoms with van der Waals surface area (Å²) in [5.41, 5.74) is 1.20. The molecule has 0 spiro atoms. The highest BCUT2D eigenvalue weighted by molar-refractivity contribution is 6.34. The van der Waals surface area contributed by atoms with E-state index in [0.29, 0.717) is 5.92 Å². The lowest BCUT2D eigenvalue weighted by atomic mass is 9.76. The van der Waals surface area contributed by atoms with Gasteiger partial charge in [-0.25, -0.2) is 4.79 Å². The molecule has 1 fully saturated rings. The summed E-state index contributed by atoms with van der Waals surface area (Å²) in [6, 6.07) is 7.94. The van der Waals surface area contributed by atoms with Gasteiger partial charge in [0, 0.05) is 5.92 Å². The van der Waals surface area contributed by atoms with Crippen molar-refractivity contribution in [2.75, 3.05) is 14.2 Å². The smallest absolute Gasteiger partial charge is 0.374 e. The molecule has 2 rings (SSSR count). The normalized spacial score (nSPS) is 22.1. The second-order valence-corrected chi connectivity index (χ2v) is 5.19. The summed E-state index contributed by atoms with van der Waals surface area (Å²) >= 11 is 0. The van der Waals surface area contributed by atoms with Gasteiger partial charge in [-0.2, -0.15) is 0 Å². The minimum atomic E-state index is -0.717. The number of Topliss-reactive ketones (excluding diaryl/α,β-unsaturated/α-hetero) is 1. The molecule has 0 bridgehead atoms. The van der Waals surface area contributed by atoms with Crippen LogP contribution in [0.5, 0.6) is 5.75 Å². The van der Waals surface area contributed by atoms with Crippen molar-refractivity contribution in [3.63, 3.8) is 0 Å². The number of hydrogen-bond donors (Lipinski definition) is 0. The van der Waals surface area contributed by atoms with Crippen LogP contribution < -0.4 is 4.74 Å². The molecule has 108 valence electrons. The van der Waals surface area contributed by atoms with Crippen LogP contribution in [0, 0.1) is 5.92 Å². The molecule has 0 amide bonds. The molecule has 0 saturated heterocycles. The maximum atomic E-state index is 11.9. The molecule has 1 aliphatic carbocycles. The zero-order valence-electron chi connectivity index (χ0n) is 11.9. The first-order valence-electron chi connectivity index (χ1n) is 6.91. The van der Waals surface area contributed by atoms with Crippen LogP contribution in [0.25, 0.3) is 0 Å². The number of rotatable bonds is 4. The summed E-state index contributed by atoms with van der Waals surface area (Å²) in [4.78, 5) is 23.3. The Bertz CT molecular complexity index is 478. The average molecular weight is 276 g/mol. The Hall–Kier alpha value is -1.84. The van der Waals surface area contributed by atoms with Crippen LogP contribution in [0.2, 0.25) is 0 Å². The van der Waals surface area contributed by atoms with E-state index in [-0.39, 0.29) is 11.7 Å². The lowest BCUT2D eigenvalue weighted by Crippen LogP contribution is -2.28. The monoisotopic (exact) mass is 276 g/mol. The number of ketones is 1. The molecule has 0 N–H and O–H groups in total. The summed E-state index contributed by atoms with van der Waals surface area (Å²) < 4.78 is 9.68. The first-order valence-corrected chi connectivity index (χ1v) is 6.91. The Morgan fingerprint density at radius 1 is 1.10 bits per heavy atom. The van der Waals surface area contributed by atoms with Gasteiger partial charge in [-0.05, 0) is 42.9 Å². The minimum absolute atomic E-state index is 0.205. The van der Waals surface area contributed by atoms with E-state index in [0.717, 1.165) is 31.4 Å². The Balaban J connectivity index is 2.06. The van der Waals surface area contributed by atoms with Crippen LogP contribution in [0.15, 0.2) is 24.3 Å². The van der Waals surface area contributed by atoms with E-state index >= 15 is 0 Å². The lowest BCUT2D eigenvalue weighted by molar-refractivity contribution is -0.154. The first-order chi connectivity index (χ1) is 9.65. The highest BCUT2D eigenvalue weighted by Gasteiger charge is 2.32. The number of carbonyl (C=O) groups excluding carboxylic acids is 2. The molecule has 2 atom stereocenters. The molecule has 0 heterocycles. The number of carbonyl (C=O) groups is 2. The predicted molar refractivity (Wildman–Crippen MR) is 74.7 cm³/mol. The molecule has 20 heavy (non-hydrogen) atoms. The summed E-state index contributed by atoms with van der Waals surface area (Å²) in [5.74, 6) is -0.153. The van der Waals surface area contributed by atoms with Crippen molar-refractivity contribution in [2.45, 2.75) is 31.6 Å². The van der Waals surface area contributed by atoms with E-state index in [1.807, 2.05) is 24.3 Å². The number of hydrogen-bond acceptors (Lipinski definition) is 4. The number of benzene rings is 1. The Morgan fingerprint density at radius 3 is 2.40 bits per heavy atom. The Labute approximate surface area is 119 Å². The van der Waals surface area contributed by atoms with Gasteiger partial charge < -0.3 is 9.47 Å². The fourth-order valence-electron chi connectivity index (χ4n) is 2.87. The SMILES string of the molecule is COC(=O)C(=O)C1CCCC(c2ccc(OC)cc2)C1. The van der Waals surface area contributed by atoms with Gasteiger partial charge in [0.25, 0.3) is 0 Å². The third-order valence-electron chi connectivity index (χ3n) is 4.02. The minimum Gasteiger partial charge on any atom is -0.497 e. The molecule has 1 saturated carbocycles. The van der Waals surface area contributed by atoms with E-state index < -0.39 is 5.97 Å². The van der Waals surface area contributed by atoms with Crippen molar-refractivity contribution in [2.24, 2.45) is 5.92 Å². The zero-order chi connectivity index (χ0) is 14.5. The first kappa shape index (κ1) is 14.6. The Morgan fingerprint density at radius 2 is 1.80 bits per heavy atom. The van der Waals surface area contributed by atoms with Gasteiger partial charge >= 0.3 is 5.97 Å². The highest BCUT2D eigenvalue weighted by Crippen LogP contribution is 2.37. The standard InChI is InChI=1S/C16H20O4/c1-19-14-8-6-11(7-9-14)12-4-3-5-13(10-12)15(17)16(18)20-2/h6-9,12-13H,3-5,10H2,1-2H3. The third-order valence-corrected chi connectivity index (χ3v) is 4.02. The van der Waals surface area contributed by atoms with Gasteiger partial charge in [0.1, 0.15) is 5.75 Å². The summed E-state index contributed by atoms with van der Waals surface area (Å²) in [6.45, 7) is 0. The maximum absolute atomic E-state index is 11.9. The van der Waals surface area contributed by atoms with Gasteiger partial charge in [0.15, 0.2) is 0 Å². The molecule has 1 aromatic carbocycles. The van der Waals surface area contributed by atoms with Gasteiger partial charge in [-0.3, -0.25) is 4.79 Å². The molecule has 2 unspecified atom stereocenters. The van der Waals surface area contributed by atoms with Crippen molar-refractivity contribution in [1.29, 1.82) is 0 Å². The van der Waals surface area contributed by atoms with E-state index in [4.69, 9.17) is 4.74 Å². The van der Waals surface area contributed by atoms with Gasteiger partial charge in [0.2, 0.25) is 5.78 Å². The molecule has 1 aromatic rings. The van der Waals surface area contributed by atoms with Crippen molar-refractivity contribution in [1.82, 2.24) is 0 Å². The molecule has 4 heteroatoms. The zero-order valence-corrected chi connectivity index (χ0v) is 11.9. The van der Waals surface area contributed by atoms with E-state index in [9.17, 15) is 9.59 Å². The fraction of sp³-hybridized carbons (Fsp3) is 0.500. The quantitative estimate of drug-likeness (QED) is 0.626. The lowest BCUT2D eigenvalue weighted by Gasteiger charge is -2.28. The van der Waals surface area contributed by atoms with Crippen LogP contribution in [-0.2, 0) is 14.3 Å². The molecule has 0 aliphatic heterocycles. The van der Waals surface area contributed by atoms with E-state index in [1.165, 1.54) is 12.7 Å². The van der Waals surface area contributed by atoms with E-state index in [2.05, 4.69) is 4.74 Å². The fourth-order valence-corrected chi connectivity index (χ4v) is 2.87. The molecular formula is C16H20O4. The van der Waals surface area contributed by atoms with Crippen molar-refractivity contribution < 1.29 is 19.1 Å². The molecule has 4 nitrogen and oxygen atoms in total. The molecule has 1 aliphatic rings. The number of methoxy groups -OCH3 is 2. The van der Waals surface area contributed by atoms with Crippen LogP contribution in [-0.4, -0.2) is 26.0 Å². The summed E-state index contributed by atoms with van der Waals surface area (Å²) in [6.07, 6.45) is 3.52.